The molecule has 0 saturated carbocycles. The van der Waals surface area contributed by atoms with Gasteiger partial charge >= 0.3 is 6.03 Å². The average Bonchev–Trinajstić information content (AvgIpc) is 2.53. The molecule has 1 aliphatic rings. The summed E-state index contributed by atoms with van der Waals surface area (Å²) in [6.07, 6.45) is 6.99. The van der Waals surface area contributed by atoms with Gasteiger partial charge in [-0.3, -0.25) is 9.88 Å². The van der Waals surface area contributed by atoms with Crippen molar-refractivity contribution >= 4 is 6.03 Å². The normalized spacial score (nSPS) is 20.4. The number of rotatable bonds is 6. The number of likely N-dealkylation sites (tertiary alicyclic amines) is 1. The number of carbonyl (C=O) groups excluding carboxylic acids is 1. The van der Waals surface area contributed by atoms with E-state index >= 15 is 0 Å². The Morgan fingerprint density at radius 2 is 2.36 bits per heavy atom. The molecule has 2 unspecified atom stereocenters. The van der Waals surface area contributed by atoms with Crippen LogP contribution in [0.4, 0.5) is 4.79 Å². The van der Waals surface area contributed by atoms with Gasteiger partial charge in [0.1, 0.15) is 0 Å². The summed E-state index contributed by atoms with van der Waals surface area (Å²) in [6.45, 7) is 8.12. The summed E-state index contributed by atoms with van der Waals surface area (Å²) in [7, 11) is 0. The van der Waals surface area contributed by atoms with Gasteiger partial charge in [-0.15, -0.1) is 0 Å². The number of nitrogens with one attached hydrogen (secondary N) is 2. The highest BCUT2D eigenvalue weighted by Crippen LogP contribution is 2.17. The summed E-state index contributed by atoms with van der Waals surface area (Å²) in [5, 5.41) is 5.88. The summed E-state index contributed by atoms with van der Waals surface area (Å²) in [5.74, 6) is 0.768. The molecule has 5 nitrogen and oxygen atoms in total. The number of carbonyl (C=O) groups is 1. The fourth-order valence-electron chi connectivity index (χ4n) is 2.92. The molecular formula is C17H28N4O. The van der Waals surface area contributed by atoms with E-state index in [1.165, 1.54) is 12.8 Å². The lowest BCUT2D eigenvalue weighted by Crippen LogP contribution is -2.48. The molecule has 0 spiro atoms. The average molecular weight is 304 g/mol. The Morgan fingerprint density at radius 3 is 3.09 bits per heavy atom. The summed E-state index contributed by atoms with van der Waals surface area (Å²) in [4.78, 5) is 18.4. The van der Waals surface area contributed by atoms with Crippen molar-refractivity contribution in [1.29, 1.82) is 0 Å². The van der Waals surface area contributed by atoms with Gasteiger partial charge in [0, 0.05) is 38.1 Å². The molecule has 122 valence electrons. The van der Waals surface area contributed by atoms with Crippen LogP contribution >= 0.6 is 0 Å². The van der Waals surface area contributed by atoms with Crippen LogP contribution in [0.15, 0.2) is 24.5 Å². The van der Waals surface area contributed by atoms with Crippen LogP contribution < -0.4 is 10.6 Å². The maximum Gasteiger partial charge on any atom is 0.314 e. The van der Waals surface area contributed by atoms with E-state index in [0.29, 0.717) is 19.1 Å². The zero-order chi connectivity index (χ0) is 15.8. The Balaban J connectivity index is 1.60. The van der Waals surface area contributed by atoms with Gasteiger partial charge in [-0.05, 0) is 50.3 Å². The first-order valence-electron chi connectivity index (χ1n) is 8.30. The van der Waals surface area contributed by atoms with E-state index in [4.69, 9.17) is 0 Å². The van der Waals surface area contributed by atoms with Crippen molar-refractivity contribution in [1.82, 2.24) is 20.5 Å². The van der Waals surface area contributed by atoms with Crippen molar-refractivity contribution in [2.24, 2.45) is 5.92 Å². The highest BCUT2D eigenvalue weighted by atomic mass is 16.2. The van der Waals surface area contributed by atoms with Crippen molar-refractivity contribution < 1.29 is 4.79 Å². The molecule has 2 N–H and O–H groups in total. The molecule has 1 aromatic rings. The summed E-state index contributed by atoms with van der Waals surface area (Å²) < 4.78 is 0. The molecule has 0 radical (unpaired) electrons. The standard InChI is InChI=1S/C17H28N4O/c1-14-5-4-10-21(13-14)15(2)11-20-17(22)19-9-7-16-6-3-8-18-12-16/h3,6,8,12,14-15H,4-5,7,9-11,13H2,1-2H3,(H2,19,20,22). The first-order valence-corrected chi connectivity index (χ1v) is 8.30. The highest BCUT2D eigenvalue weighted by Gasteiger charge is 2.20. The fraction of sp³-hybridized carbons (Fsp3) is 0.647. The monoisotopic (exact) mass is 304 g/mol. The first kappa shape index (κ1) is 16.7. The Labute approximate surface area is 133 Å². The quantitative estimate of drug-likeness (QED) is 0.845. The smallest absolute Gasteiger partial charge is 0.314 e. The number of urea groups is 1. The van der Waals surface area contributed by atoms with Crippen LogP contribution in [0.1, 0.15) is 32.3 Å². The van der Waals surface area contributed by atoms with Crippen LogP contribution in [0.25, 0.3) is 0 Å². The second kappa shape index (κ2) is 8.73. The zero-order valence-corrected chi connectivity index (χ0v) is 13.7. The van der Waals surface area contributed by atoms with E-state index in [1.54, 1.807) is 6.20 Å². The SMILES string of the molecule is CC1CCCN(C(C)CNC(=O)NCCc2cccnc2)C1. The largest absolute Gasteiger partial charge is 0.338 e. The van der Waals surface area contributed by atoms with Gasteiger partial charge in [0.25, 0.3) is 0 Å². The zero-order valence-electron chi connectivity index (χ0n) is 13.7. The molecule has 0 aromatic carbocycles. The Kier molecular flexibility index (Phi) is 6.65. The van der Waals surface area contributed by atoms with Gasteiger partial charge in [0.2, 0.25) is 0 Å². The third kappa shape index (κ3) is 5.64. The van der Waals surface area contributed by atoms with Crippen LogP contribution in [0, 0.1) is 5.92 Å². The second-order valence-electron chi connectivity index (χ2n) is 6.34. The van der Waals surface area contributed by atoms with Crippen molar-refractivity contribution in [2.75, 3.05) is 26.2 Å². The minimum atomic E-state index is -0.0826. The van der Waals surface area contributed by atoms with E-state index in [9.17, 15) is 4.79 Å². The topological polar surface area (TPSA) is 57.3 Å². The lowest BCUT2D eigenvalue weighted by Gasteiger charge is -2.35. The predicted octanol–water partition coefficient (Wildman–Crippen LogP) is 2.04. The van der Waals surface area contributed by atoms with Gasteiger partial charge in [-0.25, -0.2) is 4.79 Å². The molecule has 22 heavy (non-hydrogen) atoms. The van der Waals surface area contributed by atoms with E-state index in [2.05, 4.69) is 34.4 Å². The fourth-order valence-corrected chi connectivity index (χ4v) is 2.92. The molecule has 2 amide bonds. The molecule has 2 heterocycles. The van der Waals surface area contributed by atoms with Gasteiger partial charge in [0.05, 0.1) is 0 Å². The van der Waals surface area contributed by atoms with Crippen molar-refractivity contribution in [2.45, 2.75) is 39.2 Å². The van der Waals surface area contributed by atoms with Crippen molar-refractivity contribution in [3.8, 4) is 0 Å². The van der Waals surface area contributed by atoms with Gasteiger partial charge in [-0.1, -0.05) is 13.0 Å². The second-order valence-corrected chi connectivity index (χ2v) is 6.34. The van der Waals surface area contributed by atoms with Crippen LogP contribution in [-0.4, -0.2) is 48.1 Å². The van der Waals surface area contributed by atoms with Crippen LogP contribution in [0.3, 0.4) is 0 Å². The van der Waals surface area contributed by atoms with Crippen molar-refractivity contribution in [3.05, 3.63) is 30.1 Å². The third-order valence-corrected chi connectivity index (χ3v) is 4.29. The Bertz CT molecular complexity index is 451. The van der Waals surface area contributed by atoms with E-state index < -0.39 is 0 Å². The van der Waals surface area contributed by atoms with E-state index in [-0.39, 0.29) is 6.03 Å². The third-order valence-electron chi connectivity index (χ3n) is 4.29. The maximum atomic E-state index is 11.8. The number of piperidine rings is 1. The summed E-state index contributed by atoms with van der Waals surface area (Å²) in [6, 6.07) is 4.25. The minimum Gasteiger partial charge on any atom is -0.338 e. The molecule has 5 heteroatoms. The van der Waals surface area contributed by atoms with Gasteiger partial charge in [-0.2, -0.15) is 0 Å². The lowest BCUT2D eigenvalue weighted by atomic mass is 9.99. The number of hydrogen-bond acceptors (Lipinski definition) is 3. The number of nitrogens with zero attached hydrogens (tertiary/aromatic N) is 2. The van der Waals surface area contributed by atoms with E-state index in [0.717, 1.165) is 31.0 Å². The number of amides is 2. The molecule has 1 aliphatic heterocycles. The highest BCUT2D eigenvalue weighted by molar-refractivity contribution is 5.73. The van der Waals surface area contributed by atoms with Gasteiger partial charge in [0.15, 0.2) is 0 Å². The molecule has 0 aliphatic carbocycles. The molecule has 1 aromatic heterocycles. The number of pyridine rings is 1. The number of aromatic nitrogens is 1. The molecule has 2 rings (SSSR count). The maximum absolute atomic E-state index is 11.8. The predicted molar refractivity (Wildman–Crippen MR) is 88.8 cm³/mol. The lowest BCUT2D eigenvalue weighted by molar-refractivity contribution is 0.137. The van der Waals surface area contributed by atoms with E-state index in [1.807, 2.05) is 18.3 Å². The Morgan fingerprint density at radius 1 is 1.50 bits per heavy atom. The molecule has 1 fully saturated rings. The minimum absolute atomic E-state index is 0.0826. The first-order chi connectivity index (χ1) is 10.6. The van der Waals surface area contributed by atoms with Crippen molar-refractivity contribution in [3.63, 3.8) is 0 Å². The van der Waals surface area contributed by atoms with Crippen LogP contribution in [0.2, 0.25) is 0 Å². The molecule has 0 bridgehead atoms. The molecule has 2 atom stereocenters. The summed E-state index contributed by atoms with van der Waals surface area (Å²) in [5.41, 5.74) is 1.14. The van der Waals surface area contributed by atoms with Crippen LogP contribution in [-0.2, 0) is 6.42 Å². The van der Waals surface area contributed by atoms with Crippen LogP contribution in [0.5, 0.6) is 0 Å². The van der Waals surface area contributed by atoms with Gasteiger partial charge < -0.3 is 10.6 Å². The summed E-state index contributed by atoms with van der Waals surface area (Å²) >= 11 is 0. The number of hydrogen-bond donors (Lipinski definition) is 2. The molecule has 1 saturated heterocycles. The Hall–Kier alpha value is -1.62. The molecular weight excluding hydrogens is 276 g/mol.